The molecule has 302 valence electrons. The highest BCUT2D eigenvalue weighted by Crippen LogP contribution is 2.22. The number of carbonyl (C=O) groups is 6. The van der Waals surface area contributed by atoms with Crippen LogP contribution >= 0.6 is 11.6 Å². The number of rotatable bonds is 17. The van der Waals surface area contributed by atoms with Crippen molar-refractivity contribution in [3.63, 3.8) is 0 Å². The third-order valence-electron chi connectivity index (χ3n) is 10.0. The Morgan fingerprint density at radius 2 is 1.56 bits per heavy atom. The summed E-state index contributed by atoms with van der Waals surface area (Å²) in [6.45, 7) is 2.35. The summed E-state index contributed by atoms with van der Waals surface area (Å²) >= 11 is 5.72. The molecule has 57 heavy (non-hydrogen) atoms. The molecule has 4 atom stereocenters. The second kappa shape index (κ2) is 20.4. The number of nitrogens with one attached hydrogen (secondary N) is 5. The summed E-state index contributed by atoms with van der Waals surface area (Å²) in [5.74, 6) is -4.35. The van der Waals surface area contributed by atoms with Crippen molar-refractivity contribution < 1.29 is 37.9 Å². The Balaban J connectivity index is 1.40. The number of hydrogen-bond donors (Lipinski definition) is 5. The van der Waals surface area contributed by atoms with Crippen molar-refractivity contribution in [3.8, 4) is 0 Å². The Morgan fingerprint density at radius 3 is 2.28 bits per heavy atom. The third kappa shape index (κ3) is 11.9. The highest BCUT2D eigenvalue weighted by Gasteiger charge is 2.38. The van der Waals surface area contributed by atoms with E-state index >= 15 is 0 Å². The van der Waals surface area contributed by atoms with Gasteiger partial charge in [0.2, 0.25) is 29.5 Å². The number of piperidine rings is 1. The molecule has 1 unspecified atom stereocenters. The summed E-state index contributed by atoms with van der Waals surface area (Å²) in [5.41, 5.74) is 4.07. The normalized spacial score (nSPS) is 15.5. The van der Waals surface area contributed by atoms with Crippen LogP contribution in [0.15, 0.2) is 79.0 Å². The van der Waals surface area contributed by atoms with Crippen LogP contribution in [-0.4, -0.2) is 89.1 Å². The Hall–Kier alpha value is -5.76. The number of hydrogen-bond acceptors (Lipinski definition) is 7. The fourth-order valence-corrected chi connectivity index (χ4v) is 6.95. The largest absolute Gasteiger partial charge is 0.469 e. The summed E-state index contributed by atoms with van der Waals surface area (Å²) in [5, 5.41) is 12.0. The van der Waals surface area contributed by atoms with Gasteiger partial charge in [0, 0.05) is 49.5 Å². The number of carbonyl (C=O) groups excluding carboxylic acids is 6. The van der Waals surface area contributed by atoms with Gasteiger partial charge in [0.25, 0.3) is 0 Å². The van der Waals surface area contributed by atoms with E-state index in [0.717, 1.165) is 27.6 Å². The van der Waals surface area contributed by atoms with Gasteiger partial charge in [-0.05, 0) is 67.5 Å². The Morgan fingerprint density at radius 1 is 0.860 bits per heavy atom. The number of likely N-dealkylation sites (tertiary alicyclic amines) is 1. The number of aryl methyl sites for hydroxylation is 1. The number of esters is 1. The second-order valence-corrected chi connectivity index (χ2v) is 14.4. The highest BCUT2D eigenvalue weighted by molar-refractivity contribution is 6.27. The molecule has 2 heterocycles. The summed E-state index contributed by atoms with van der Waals surface area (Å²) in [6, 6.07) is 16.3. The van der Waals surface area contributed by atoms with Gasteiger partial charge in [-0.25, -0.2) is 4.39 Å². The number of benzene rings is 3. The topological polar surface area (TPSA) is 179 Å². The van der Waals surface area contributed by atoms with Gasteiger partial charge in [0.05, 0.1) is 7.11 Å². The molecule has 1 aromatic heterocycles. The first-order valence-corrected chi connectivity index (χ1v) is 19.4. The number of amides is 5. The first-order valence-electron chi connectivity index (χ1n) is 18.9. The van der Waals surface area contributed by atoms with E-state index in [1.807, 2.05) is 55.5 Å². The van der Waals surface area contributed by atoms with Crippen LogP contribution in [0.4, 0.5) is 4.39 Å². The maximum atomic E-state index is 14.4. The van der Waals surface area contributed by atoms with Crippen LogP contribution in [0.2, 0.25) is 0 Å². The molecule has 0 spiro atoms. The zero-order valence-corrected chi connectivity index (χ0v) is 32.7. The summed E-state index contributed by atoms with van der Waals surface area (Å²) in [7, 11) is 1.22. The van der Waals surface area contributed by atoms with E-state index in [9.17, 15) is 33.2 Å². The van der Waals surface area contributed by atoms with Crippen molar-refractivity contribution in [2.75, 3.05) is 19.5 Å². The lowest BCUT2D eigenvalue weighted by molar-refractivity contribution is -0.146. The third-order valence-corrected chi connectivity index (χ3v) is 10.3. The van der Waals surface area contributed by atoms with Gasteiger partial charge in [-0.3, -0.25) is 28.8 Å². The zero-order valence-electron chi connectivity index (χ0n) is 31.9. The van der Waals surface area contributed by atoms with Gasteiger partial charge < -0.3 is 35.9 Å². The molecule has 1 saturated heterocycles. The predicted octanol–water partition coefficient (Wildman–Crippen LogP) is 3.74. The molecule has 13 nitrogen and oxygen atoms in total. The van der Waals surface area contributed by atoms with Crippen LogP contribution in [0.1, 0.15) is 54.4 Å². The van der Waals surface area contributed by atoms with Gasteiger partial charge >= 0.3 is 5.97 Å². The lowest BCUT2D eigenvalue weighted by Gasteiger charge is -2.37. The summed E-state index contributed by atoms with van der Waals surface area (Å²) < 4.78 is 18.5. The van der Waals surface area contributed by atoms with Crippen LogP contribution in [0.3, 0.4) is 0 Å². The fourth-order valence-electron chi connectivity index (χ4n) is 6.88. The van der Waals surface area contributed by atoms with E-state index in [1.165, 1.54) is 36.3 Å². The van der Waals surface area contributed by atoms with Crippen LogP contribution in [-0.2, 0) is 52.9 Å². The van der Waals surface area contributed by atoms with Crippen molar-refractivity contribution in [1.82, 2.24) is 31.2 Å². The van der Waals surface area contributed by atoms with Crippen molar-refractivity contribution in [1.29, 1.82) is 0 Å². The standard InChI is InChI=1S/C42H48ClFN6O7/c1-26-10-12-28(13-11-26)24-46-39(53)34(21-27-14-16-30(44)17-15-27)48-40(54)35(22-29-25-45-32-8-4-3-7-31(29)32)49-41(55)36-9-5-6-20-50(36)42(56)33(47-37(51)23-43)18-19-38(52)57-2/h3-4,7-8,10-17,25,33-36,45H,5-6,9,18-24H2,1-2H3,(H,46,53)(H,47,51)(H,48,54)(H,49,55)/t33-,34-,35?,36-/m0/s1. The summed E-state index contributed by atoms with van der Waals surface area (Å²) in [4.78, 5) is 85.2. The van der Waals surface area contributed by atoms with E-state index in [-0.39, 0.29) is 45.2 Å². The molecule has 5 rings (SSSR count). The van der Waals surface area contributed by atoms with E-state index in [4.69, 9.17) is 16.3 Å². The quantitative estimate of drug-likeness (QED) is 0.0798. The van der Waals surface area contributed by atoms with E-state index < -0.39 is 71.4 Å². The van der Waals surface area contributed by atoms with E-state index in [0.29, 0.717) is 18.4 Å². The molecule has 5 N–H and O–H groups in total. The second-order valence-electron chi connectivity index (χ2n) is 14.1. The van der Waals surface area contributed by atoms with Crippen LogP contribution < -0.4 is 21.3 Å². The molecule has 0 radical (unpaired) electrons. The Labute approximate surface area is 335 Å². The van der Waals surface area contributed by atoms with E-state index in [2.05, 4.69) is 26.3 Å². The van der Waals surface area contributed by atoms with Gasteiger partial charge in [-0.2, -0.15) is 0 Å². The molecule has 0 bridgehead atoms. The average Bonchev–Trinajstić information content (AvgIpc) is 3.64. The minimum absolute atomic E-state index is 0.0318. The van der Waals surface area contributed by atoms with Crippen LogP contribution in [0, 0.1) is 12.7 Å². The van der Waals surface area contributed by atoms with Crippen molar-refractivity contribution in [2.45, 2.75) is 82.6 Å². The number of halogens is 2. The SMILES string of the molecule is COC(=O)CC[C@H](NC(=O)CCl)C(=O)N1CCCC[C@H]1C(=O)NC(Cc1c[nH]c2ccccc12)C(=O)N[C@@H](Cc1ccc(F)cc1)C(=O)NCc1ccc(C)cc1. The number of methoxy groups -OCH3 is 1. The van der Waals surface area contributed by atoms with E-state index in [1.54, 1.807) is 6.20 Å². The Bertz CT molecular complexity index is 2040. The summed E-state index contributed by atoms with van der Waals surface area (Å²) in [6.07, 6.45) is 3.06. The number of aromatic nitrogens is 1. The zero-order chi connectivity index (χ0) is 40.9. The van der Waals surface area contributed by atoms with Crippen LogP contribution in [0.5, 0.6) is 0 Å². The molecule has 1 fully saturated rings. The highest BCUT2D eigenvalue weighted by atomic mass is 35.5. The predicted molar refractivity (Wildman–Crippen MR) is 212 cm³/mol. The smallest absolute Gasteiger partial charge is 0.305 e. The molecular weight excluding hydrogens is 755 g/mol. The van der Waals surface area contributed by atoms with Gasteiger partial charge in [-0.1, -0.05) is 60.2 Å². The number of aromatic amines is 1. The first kappa shape index (κ1) is 42.4. The minimum atomic E-state index is -1.21. The molecular formula is C42H48ClFN6O7. The van der Waals surface area contributed by atoms with Gasteiger partial charge in [0.1, 0.15) is 35.9 Å². The number of fused-ring (bicyclic) bond motifs is 1. The lowest BCUT2D eigenvalue weighted by Crippen LogP contribution is -2.61. The molecule has 1 aliphatic rings. The molecule has 1 aliphatic heterocycles. The maximum absolute atomic E-state index is 14.4. The number of alkyl halides is 1. The van der Waals surface area contributed by atoms with Crippen molar-refractivity contribution in [2.24, 2.45) is 0 Å². The monoisotopic (exact) mass is 802 g/mol. The molecule has 15 heteroatoms. The fraction of sp³-hybridized carbons (Fsp3) is 0.381. The van der Waals surface area contributed by atoms with Crippen molar-refractivity contribution in [3.05, 3.63) is 107 Å². The molecule has 0 saturated carbocycles. The molecule has 0 aliphatic carbocycles. The number of para-hydroxylation sites is 1. The Kier molecular flexibility index (Phi) is 15.2. The van der Waals surface area contributed by atoms with Crippen LogP contribution in [0.25, 0.3) is 10.9 Å². The lowest BCUT2D eigenvalue weighted by atomic mass is 9.97. The number of ether oxygens (including phenoxy) is 1. The molecule has 5 amide bonds. The van der Waals surface area contributed by atoms with Gasteiger partial charge in [0.15, 0.2) is 0 Å². The molecule has 4 aromatic rings. The number of nitrogens with zero attached hydrogens (tertiary/aromatic N) is 1. The number of H-pyrrole nitrogens is 1. The van der Waals surface area contributed by atoms with Crippen molar-refractivity contribution >= 4 is 58.0 Å². The average molecular weight is 803 g/mol. The minimum Gasteiger partial charge on any atom is -0.469 e. The van der Waals surface area contributed by atoms with Gasteiger partial charge in [-0.15, -0.1) is 11.6 Å². The molecule has 3 aromatic carbocycles. The maximum Gasteiger partial charge on any atom is 0.305 e. The first-order chi connectivity index (χ1) is 27.4.